The molecule has 114 valence electrons. The second-order valence-corrected chi connectivity index (χ2v) is 6.69. The number of hydrogen-bond acceptors (Lipinski definition) is 2. The van der Waals surface area contributed by atoms with Gasteiger partial charge < -0.3 is 9.64 Å². The summed E-state index contributed by atoms with van der Waals surface area (Å²) in [6.07, 6.45) is 5.46. The van der Waals surface area contributed by atoms with E-state index in [1.54, 1.807) is 0 Å². The molecule has 0 bridgehead atoms. The van der Waals surface area contributed by atoms with E-state index in [1.807, 2.05) is 6.07 Å². The number of rotatable bonds is 5. The van der Waals surface area contributed by atoms with Gasteiger partial charge in [0.25, 0.3) is 0 Å². The second-order valence-electron chi connectivity index (χ2n) is 5.89. The molecular weight excluding hydrogens is 330 g/mol. The van der Waals surface area contributed by atoms with Crippen molar-refractivity contribution in [3.05, 3.63) is 29.3 Å². The summed E-state index contributed by atoms with van der Waals surface area (Å²) in [4.78, 5) is 14.6. The summed E-state index contributed by atoms with van der Waals surface area (Å²) >= 11 is 3.40. The van der Waals surface area contributed by atoms with Crippen LogP contribution in [-0.2, 0) is 11.2 Å². The van der Waals surface area contributed by atoms with Crippen molar-refractivity contribution in [3.63, 3.8) is 0 Å². The summed E-state index contributed by atoms with van der Waals surface area (Å²) in [6.45, 7) is 2.59. The number of halogens is 1. The molecule has 1 atom stereocenters. The molecule has 1 saturated heterocycles. The molecule has 21 heavy (non-hydrogen) atoms. The molecule has 1 unspecified atom stereocenters. The van der Waals surface area contributed by atoms with Crippen molar-refractivity contribution in [2.24, 2.45) is 0 Å². The zero-order valence-electron chi connectivity index (χ0n) is 12.3. The van der Waals surface area contributed by atoms with Gasteiger partial charge in [-0.2, -0.15) is 0 Å². The predicted molar refractivity (Wildman–Crippen MR) is 87.2 cm³/mol. The predicted octanol–water partition coefficient (Wildman–Crippen LogP) is 3.50. The lowest BCUT2D eigenvalue weighted by Gasteiger charge is -2.36. The number of carbonyl (C=O) groups is 1. The van der Waals surface area contributed by atoms with Crippen LogP contribution in [0.15, 0.2) is 18.2 Å². The number of nitrogens with zero attached hydrogens (tertiary/aromatic N) is 1. The topological polar surface area (TPSA) is 29.5 Å². The lowest BCUT2D eigenvalue weighted by molar-refractivity contribution is -0.134. The Morgan fingerprint density at radius 3 is 2.86 bits per heavy atom. The number of likely N-dealkylation sites (tertiary alicyclic amines) is 1. The van der Waals surface area contributed by atoms with E-state index in [1.165, 1.54) is 17.5 Å². The molecule has 2 aliphatic rings. The molecule has 0 radical (unpaired) electrons. The number of hydrogen-bond donors (Lipinski definition) is 0. The summed E-state index contributed by atoms with van der Waals surface area (Å²) in [5.74, 6) is 1.28. The number of carbonyl (C=O) groups excluding carboxylic acids is 1. The van der Waals surface area contributed by atoms with Crippen LogP contribution in [0.1, 0.15) is 42.7 Å². The molecule has 3 nitrogen and oxygen atoms in total. The first-order valence-corrected chi connectivity index (χ1v) is 9.02. The van der Waals surface area contributed by atoms with Crippen LogP contribution in [-0.4, -0.2) is 35.8 Å². The molecule has 0 saturated carbocycles. The molecule has 1 amide bonds. The third-order valence-electron chi connectivity index (χ3n) is 4.43. The molecule has 1 aromatic rings. The van der Waals surface area contributed by atoms with Crippen molar-refractivity contribution in [2.75, 3.05) is 25.0 Å². The van der Waals surface area contributed by atoms with E-state index in [0.717, 1.165) is 56.5 Å². The van der Waals surface area contributed by atoms with E-state index in [-0.39, 0.29) is 5.92 Å². The van der Waals surface area contributed by atoms with Gasteiger partial charge in [-0.3, -0.25) is 4.79 Å². The fourth-order valence-corrected chi connectivity index (χ4v) is 3.40. The van der Waals surface area contributed by atoms with E-state index >= 15 is 0 Å². The minimum Gasteiger partial charge on any atom is -0.494 e. The van der Waals surface area contributed by atoms with Crippen molar-refractivity contribution in [1.82, 2.24) is 4.90 Å². The van der Waals surface area contributed by atoms with Crippen molar-refractivity contribution in [3.8, 4) is 5.75 Å². The number of fused-ring (bicyclic) bond motifs is 1. The Kier molecular flexibility index (Phi) is 4.84. The Bertz CT molecular complexity index is 512. The average molecular weight is 352 g/mol. The standard InChI is InChI=1S/C17H22BrNO2/c18-7-4-10-21-14-6-5-13-11-16(15(13)12-14)17(20)19-8-2-1-3-9-19/h5-6,12,16H,1-4,7-11H2. The van der Waals surface area contributed by atoms with E-state index < -0.39 is 0 Å². The van der Waals surface area contributed by atoms with Crippen molar-refractivity contribution < 1.29 is 9.53 Å². The molecule has 4 heteroatoms. The zero-order valence-corrected chi connectivity index (χ0v) is 13.9. The first-order chi connectivity index (χ1) is 10.3. The zero-order chi connectivity index (χ0) is 14.7. The van der Waals surface area contributed by atoms with Crippen LogP contribution in [0.5, 0.6) is 5.75 Å². The Morgan fingerprint density at radius 1 is 1.29 bits per heavy atom. The van der Waals surface area contributed by atoms with E-state index in [0.29, 0.717) is 5.91 Å². The van der Waals surface area contributed by atoms with E-state index in [4.69, 9.17) is 4.74 Å². The van der Waals surface area contributed by atoms with Gasteiger partial charge in [-0.05, 0) is 55.4 Å². The molecule has 0 aromatic heterocycles. The summed E-state index contributed by atoms with van der Waals surface area (Å²) in [5, 5.41) is 0.952. The lowest BCUT2D eigenvalue weighted by Crippen LogP contribution is -2.42. The molecule has 1 aliphatic heterocycles. The highest BCUT2D eigenvalue weighted by Gasteiger charge is 2.35. The fourth-order valence-electron chi connectivity index (χ4n) is 3.17. The van der Waals surface area contributed by atoms with Gasteiger partial charge in [0.05, 0.1) is 12.5 Å². The Balaban J connectivity index is 1.65. The molecule has 3 rings (SSSR count). The third-order valence-corrected chi connectivity index (χ3v) is 4.99. The number of piperidine rings is 1. The summed E-state index contributed by atoms with van der Waals surface area (Å²) < 4.78 is 5.73. The van der Waals surface area contributed by atoms with Crippen LogP contribution in [0.4, 0.5) is 0 Å². The van der Waals surface area contributed by atoms with Crippen molar-refractivity contribution >= 4 is 21.8 Å². The highest BCUT2D eigenvalue weighted by Crippen LogP contribution is 2.39. The van der Waals surface area contributed by atoms with Gasteiger partial charge in [-0.25, -0.2) is 0 Å². The monoisotopic (exact) mass is 351 g/mol. The van der Waals surface area contributed by atoms with Crippen molar-refractivity contribution in [1.29, 1.82) is 0 Å². The number of alkyl halides is 1. The summed E-state index contributed by atoms with van der Waals surface area (Å²) in [5.41, 5.74) is 2.49. The number of benzene rings is 1. The maximum absolute atomic E-state index is 12.6. The maximum atomic E-state index is 12.6. The normalized spacial score (nSPS) is 20.6. The van der Waals surface area contributed by atoms with Crippen LogP contribution in [0.3, 0.4) is 0 Å². The maximum Gasteiger partial charge on any atom is 0.230 e. The van der Waals surface area contributed by atoms with Crippen LogP contribution in [0.25, 0.3) is 0 Å². The Morgan fingerprint density at radius 2 is 2.10 bits per heavy atom. The largest absolute Gasteiger partial charge is 0.494 e. The molecular formula is C17H22BrNO2. The van der Waals surface area contributed by atoms with Crippen LogP contribution in [0.2, 0.25) is 0 Å². The molecule has 1 aromatic carbocycles. The van der Waals surface area contributed by atoms with Crippen molar-refractivity contribution in [2.45, 2.75) is 38.0 Å². The molecule has 1 aliphatic carbocycles. The third kappa shape index (κ3) is 3.25. The smallest absolute Gasteiger partial charge is 0.230 e. The molecule has 0 N–H and O–H groups in total. The summed E-state index contributed by atoms with van der Waals surface area (Å²) in [6, 6.07) is 6.20. The first kappa shape index (κ1) is 14.9. The van der Waals surface area contributed by atoms with Crippen LogP contribution >= 0.6 is 15.9 Å². The van der Waals surface area contributed by atoms with E-state index in [2.05, 4.69) is 33.0 Å². The quantitative estimate of drug-likeness (QED) is 0.600. The van der Waals surface area contributed by atoms with Gasteiger partial charge in [0.2, 0.25) is 5.91 Å². The minimum absolute atomic E-state index is 0.0674. The minimum atomic E-state index is 0.0674. The molecule has 0 spiro atoms. The Labute approximate surface area is 134 Å². The highest BCUT2D eigenvalue weighted by atomic mass is 79.9. The number of ether oxygens (including phenoxy) is 1. The van der Waals surface area contributed by atoms with E-state index in [9.17, 15) is 4.79 Å². The number of amides is 1. The molecule has 1 fully saturated rings. The Hall–Kier alpha value is -1.03. The lowest BCUT2D eigenvalue weighted by atomic mass is 9.76. The highest BCUT2D eigenvalue weighted by molar-refractivity contribution is 9.09. The second kappa shape index (κ2) is 6.82. The van der Waals surface area contributed by atoms with Gasteiger partial charge in [0.15, 0.2) is 0 Å². The summed E-state index contributed by atoms with van der Waals surface area (Å²) in [7, 11) is 0. The fraction of sp³-hybridized carbons (Fsp3) is 0.588. The van der Waals surface area contributed by atoms with Gasteiger partial charge in [0, 0.05) is 18.4 Å². The first-order valence-electron chi connectivity index (χ1n) is 7.90. The van der Waals surface area contributed by atoms with Gasteiger partial charge in [-0.15, -0.1) is 0 Å². The van der Waals surface area contributed by atoms with Gasteiger partial charge in [-0.1, -0.05) is 22.0 Å². The van der Waals surface area contributed by atoms with Gasteiger partial charge >= 0.3 is 0 Å². The van der Waals surface area contributed by atoms with Gasteiger partial charge in [0.1, 0.15) is 5.75 Å². The molecule has 1 heterocycles. The SMILES string of the molecule is O=C(C1Cc2ccc(OCCCBr)cc21)N1CCCCC1. The average Bonchev–Trinajstić information content (AvgIpc) is 2.51. The van der Waals surface area contributed by atoms with Crippen LogP contribution in [0, 0.1) is 0 Å². The van der Waals surface area contributed by atoms with Crippen LogP contribution < -0.4 is 4.74 Å².